The van der Waals surface area contributed by atoms with Gasteiger partial charge >= 0.3 is 251 Å². The monoisotopic (exact) mass is 584 g/mol. The van der Waals surface area contributed by atoms with Crippen LogP contribution in [0.5, 0.6) is 0 Å². The SMILES string of the molecule is C=C1CC12CC/C(=C\CCC)C2(C1N(SC)C=CN1SC)[PH](c1ccccc1)(c1ccccc1)c1ccccc1. The summed E-state index contributed by atoms with van der Waals surface area (Å²) in [6, 6.07) is 34.8. The molecule has 2 atom stereocenters. The molecule has 2 nitrogen and oxygen atoms in total. The molecule has 0 amide bonds. The number of hydrogen-bond donors (Lipinski definition) is 0. The van der Waals surface area contributed by atoms with E-state index in [1.165, 1.54) is 27.9 Å². The zero-order chi connectivity index (χ0) is 27.8. The van der Waals surface area contributed by atoms with Crippen molar-refractivity contribution in [2.45, 2.75) is 50.3 Å². The van der Waals surface area contributed by atoms with Crippen molar-refractivity contribution < 1.29 is 0 Å². The Hall–Kier alpha value is -2.39. The van der Waals surface area contributed by atoms with E-state index < -0.39 is 7.26 Å². The van der Waals surface area contributed by atoms with Gasteiger partial charge in [0.2, 0.25) is 0 Å². The molecule has 2 unspecified atom stereocenters. The second-order valence-electron chi connectivity index (χ2n) is 11.3. The third-order valence-electron chi connectivity index (χ3n) is 9.69. The molecule has 5 heteroatoms. The molecule has 2 saturated carbocycles. The molecule has 1 aliphatic heterocycles. The van der Waals surface area contributed by atoms with Crippen LogP contribution >= 0.6 is 31.2 Å². The summed E-state index contributed by atoms with van der Waals surface area (Å²) in [6.45, 7) is 7.12. The van der Waals surface area contributed by atoms with E-state index in [0.717, 1.165) is 25.7 Å². The molecule has 0 bridgehead atoms. The number of rotatable bonds is 9. The average Bonchev–Trinajstić information content (AvgIpc) is 3.34. The number of allylic oxidation sites excluding steroid dienone is 2. The van der Waals surface area contributed by atoms with Gasteiger partial charge in [-0.3, -0.25) is 0 Å². The number of unbranched alkanes of at least 4 members (excludes halogenated alkanes) is 1. The van der Waals surface area contributed by atoms with Crippen LogP contribution in [0, 0.1) is 5.41 Å². The van der Waals surface area contributed by atoms with Crippen LogP contribution in [-0.4, -0.2) is 32.4 Å². The van der Waals surface area contributed by atoms with Gasteiger partial charge in [-0.15, -0.1) is 0 Å². The van der Waals surface area contributed by atoms with Gasteiger partial charge in [-0.05, 0) is 0 Å². The van der Waals surface area contributed by atoms with Crippen molar-refractivity contribution in [1.29, 1.82) is 0 Å². The molecule has 0 N–H and O–H groups in total. The molecule has 2 fully saturated rings. The Balaban J connectivity index is 1.85. The molecule has 40 heavy (non-hydrogen) atoms. The fourth-order valence-corrected chi connectivity index (χ4v) is 16.6. The molecule has 1 spiro atoms. The van der Waals surface area contributed by atoms with Crippen LogP contribution in [0.2, 0.25) is 0 Å². The van der Waals surface area contributed by atoms with Crippen LogP contribution in [0.1, 0.15) is 39.0 Å². The molecule has 2 aliphatic carbocycles. The molecule has 0 radical (unpaired) electrons. The summed E-state index contributed by atoms with van der Waals surface area (Å²) in [5, 5.41) is 4.31. The summed E-state index contributed by atoms with van der Waals surface area (Å²) in [4.78, 5) is 0. The second-order valence-corrected chi connectivity index (χ2v) is 16.9. The van der Waals surface area contributed by atoms with Gasteiger partial charge in [-0.25, -0.2) is 0 Å². The first-order valence-corrected chi connectivity index (χ1v) is 18.9. The van der Waals surface area contributed by atoms with E-state index in [9.17, 15) is 0 Å². The van der Waals surface area contributed by atoms with Crippen LogP contribution < -0.4 is 15.9 Å². The predicted molar refractivity (Wildman–Crippen MR) is 181 cm³/mol. The van der Waals surface area contributed by atoms with Crippen LogP contribution in [0.4, 0.5) is 0 Å². The summed E-state index contributed by atoms with van der Waals surface area (Å²) in [5.41, 5.74) is 3.16. The maximum atomic E-state index is 4.80. The molecule has 3 aromatic rings. The summed E-state index contributed by atoms with van der Waals surface area (Å²) in [6.07, 6.45) is 17.6. The van der Waals surface area contributed by atoms with Gasteiger partial charge in [-0.2, -0.15) is 0 Å². The molecule has 208 valence electrons. The van der Waals surface area contributed by atoms with E-state index in [4.69, 9.17) is 6.58 Å². The Morgan fingerprint density at radius 1 is 0.825 bits per heavy atom. The van der Waals surface area contributed by atoms with Crippen molar-refractivity contribution in [3.8, 4) is 0 Å². The minimum absolute atomic E-state index is 0.0545. The van der Waals surface area contributed by atoms with Crippen LogP contribution in [0.15, 0.2) is 127 Å². The van der Waals surface area contributed by atoms with Crippen LogP contribution in [0.25, 0.3) is 0 Å². The minimum atomic E-state index is -2.83. The zero-order valence-corrected chi connectivity index (χ0v) is 26.6. The number of hydrogen-bond acceptors (Lipinski definition) is 4. The van der Waals surface area contributed by atoms with Crippen molar-refractivity contribution in [1.82, 2.24) is 8.61 Å². The molecular formula is C35H41N2PS2. The average molecular weight is 585 g/mol. The second kappa shape index (κ2) is 11.1. The first-order chi connectivity index (χ1) is 19.6. The van der Waals surface area contributed by atoms with Crippen molar-refractivity contribution in [3.05, 3.63) is 127 Å². The Bertz CT molecular complexity index is 1300. The van der Waals surface area contributed by atoms with E-state index >= 15 is 0 Å². The van der Waals surface area contributed by atoms with Gasteiger partial charge in [0.15, 0.2) is 0 Å². The van der Waals surface area contributed by atoms with E-state index in [0.29, 0.717) is 0 Å². The summed E-state index contributed by atoms with van der Waals surface area (Å²) >= 11 is 3.72. The molecule has 3 aliphatic rings. The standard InChI is InChI=1S/C35H41N2PS2/c1-5-6-16-29-23-24-34(27-28(34)2)35(29,33-36(39-3)25-26-37(33)40-4)38(30-17-10-7-11-18-30,31-19-12-8-13-20-31)32-21-14-9-15-22-32/h7-22,25-26,33,38H,2,5-6,23-24,27H2,1,3-4H3/b29-16+. The summed E-state index contributed by atoms with van der Waals surface area (Å²) in [7, 11) is -2.83. The fourth-order valence-electron chi connectivity index (χ4n) is 8.20. The molecule has 1 heterocycles. The third kappa shape index (κ3) is 3.82. The van der Waals surface area contributed by atoms with Gasteiger partial charge in [-0.1, -0.05) is 0 Å². The quantitative estimate of drug-likeness (QED) is 0.143. The Morgan fingerprint density at radius 3 is 1.65 bits per heavy atom. The Labute approximate surface area is 250 Å². The van der Waals surface area contributed by atoms with Crippen molar-refractivity contribution >= 4 is 47.1 Å². The number of benzene rings is 3. The maximum absolute atomic E-state index is 4.80. The van der Waals surface area contributed by atoms with Gasteiger partial charge in [0, 0.05) is 0 Å². The summed E-state index contributed by atoms with van der Waals surface area (Å²) < 4.78 is 5.12. The predicted octanol–water partition coefficient (Wildman–Crippen LogP) is 7.89. The van der Waals surface area contributed by atoms with Crippen molar-refractivity contribution in [2.75, 3.05) is 12.5 Å². The molecule has 0 aromatic heterocycles. The third-order valence-corrected chi connectivity index (χ3v) is 17.0. The summed E-state index contributed by atoms with van der Waals surface area (Å²) in [5.74, 6) is 0. The Kier molecular flexibility index (Phi) is 7.72. The van der Waals surface area contributed by atoms with Gasteiger partial charge in [0.05, 0.1) is 0 Å². The van der Waals surface area contributed by atoms with E-state index in [1.54, 1.807) is 5.57 Å². The first-order valence-electron chi connectivity index (χ1n) is 14.5. The van der Waals surface area contributed by atoms with Crippen LogP contribution in [-0.2, 0) is 0 Å². The van der Waals surface area contributed by atoms with Crippen molar-refractivity contribution in [2.24, 2.45) is 5.41 Å². The molecule has 0 saturated heterocycles. The zero-order valence-electron chi connectivity index (χ0n) is 23.9. The topological polar surface area (TPSA) is 6.48 Å². The molecule has 3 aromatic carbocycles. The van der Waals surface area contributed by atoms with Crippen molar-refractivity contribution in [3.63, 3.8) is 0 Å². The first kappa shape index (κ1) is 27.8. The van der Waals surface area contributed by atoms with E-state index in [1.807, 2.05) is 23.9 Å². The van der Waals surface area contributed by atoms with E-state index in [-0.39, 0.29) is 16.7 Å². The fraction of sp³-hybridized carbons (Fsp3) is 0.314. The van der Waals surface area contributed by atoms with E-state index in [2.05, 4.69) is 138 Å². The van der Waals surface area contributed by atoms with Gasteiger partial charge in [0.25, 0.3) is 0 Å². The Morgan fingerprint density at radius 2 is 1.27 bits per heavy atom. The normalized spacial score (nSPS) is 25.9. The van der Waals surface area contributed by atoms with Gasteiger partial charge < -0.3 is 0 Å². The molecule has 6 rings (SSSR count). The number of nitrogens with zero attached hydrogens (tertiary/aromatic N) is 2. The molecular weight excluding hydrogens is 544 g/mol. The van der Waals surface area contributed by atoms with Crippen LogP contribution in [0.3, 0.4) is 0 Å². The van der Waals surface area contributed by atoms with Gasteiger partial charge in [0.1, 0.15) is 0 Å².